The summed E-state index contributed by atoms with van der Waals surface area (Å²) in [6.07, 6.45) is 27.5. The highest BCUT2D eigenvalue weighted by Gasteiger charge is 2.61. The van der Waals surface area contributed by atoms with Crippen LogP contribution in [0.15, 0.2) is 36.0 Å². The molecule has 1 N–H and O–H groups in total. The molecule has 0 amide bonds. The third-order valence-electron chi connectivity index (χ3n) is 9.01. The lowest BCUT2D eigenvalue weighted by Crippen LogP contribution is -2.72. The van der Waals surface area contributed by atoms with Gasteiger partial charge in [-0.15, -0.1) is 0 Å². The number of hydrogen-bond acceptors (Lipinski definition) is 3. The van der Waals surface area contributed by atoms with Crippen LogP contribution in [0.5, 0.6) is 0 Å². The van der Waals surface area contributed by atoms with E-state index in [0.29, 0.717) is 17.9 Å². The average molecular weight is 425 g/mol. The normalized spacial score (nSPS) is 46.2. The van der Waals surface area contributed by atoms with Gasteiger partial charge in [-0.3, -0.25) is 4.90 Å². The molecule has 1 spiro atoms. The molecular weight excluding hydrogens is 380 g/mol. The molecule has 6 rings (SSSR count). The zero-order chi connectivity index (χ0) is 21.1. The van der Waals surface area contributed by atoms with Crippen LogP contribution in [0.25, 0.3) is 0 Å². The van der Waals surface area contributed by atoms with E-state index in [9.17, 15) is 5.11 Å². The molecule has 3 heteroatoms. The second-order valence-electron chi connectivity index (χ2n) is 11.1. The van der Waals surface area contributed by atoms with Crippen LogP contribution in [0.2, 0.25) is 0 Å². The van der Waals surface area contributed by atoms with Gasteiger partial charge in [-0.25, -0.2) is 0 Å². The van der Waals surface area contributed by atoms with Crippen LogP contribution in [0.4, 0.5) is 0 Å². The van der Waals surface area contributed by atoms with Gasteiger partial charge in [-0.2, -0.15) is 0 Å². The third kappa shape index (κ3) is 4.48. The van der Waals surface area contributed by atoms with Crippen molar-refractivity contribution in [3.8, 4) is 0 Å². The van der Waals surface area contributed by atoms with Crippen molar-refractivity contribution in [1.82, 2.24) is 9.80 Å². The number of allylic oxidation sites excluding steroid dienone is 4. The molecule has 0 aromatic heterocycles. The van der Waals surface area contributed by atoms with E-state index in [0.717, 1.165) is 6.54 Å². The Balaban J connectivity index is 1.52. The first-order chi connectivity index (χ1) is 15.3. The molecule has 5 heterocycles. The van der Waals surface area contributed by atoms with E-state index in [1.807, 2.05) is 0 Å². The molecule has 0 saturated carbocycles. The molecule has 3 nitrogen and oxygen atoms in total. The van der Waals surface area contributed by atoms with Crippen molar-refractivity contribution in [2.45, 2.75) is 89.2 Å². The van der Waals surface area contributed by atoms with E-state index in [4.69, 9.17) is 0 Å². The Hall–Kier alpha value is -0.900. The van der Waals surface area contributed by atoms with Crippen LogP contribution in [0.1, 0.15) is 77.0 Å². The van der Waals surface area contributed by atoms with Crippen molar-refractivity contribution < 1.29 is 5.11 Å². The molecule has 172 valence electrons. The molecule has 0 aromatic carbocycles. The summed E-state index contributed by atoms with van der Waals surface area (Å²) in [5, 5.41) is 11.5. The topological polar surface area (TPSA) is 26.7 Å². The third-order valence-corrected chi connectivity index (χ3v) is 9.01. The highest BCUT2D eigenvalue weighted by atomic mass is 16.3. The Bertz CT molecular complexity index is 697. The smallest absolute Gasteiger partial charge is 0.0707 e. The van der Waals surface area contributed by atoms with Gasteiger partial charge in [0, 0.05) is 37.0 Å². The van der Waals surface area contributed by atoms with Crippen LogP contribution in [0, 0.1) is 17.3 Å². The predicted octanol–water partition coefficient (Wildman–Crippen LogP) is 5.33. The Morgan fingerprint density at radius 2 is 1.55 bits per heavy atom. The number of hydrogen-bond donors (Lipinski definition) is 1. The summed E-state index contributed by atoms with van der Waals surface area (Å²) < 4.78 is 0. The lowest BCUT2D eigenvalue weighted by molar-refractivity contribution is -0.160. The zero-order valence-electron chi connectivity index (χ0n) is 19.6. The van der Waals surface area contributed by atoms with Gasteiger partial charge in [0.25, 0.3) is 0 Å². The minimum absolute atomic E-state index is 0.161. The molecule has 0 aromatic rings. The average Bonchev–Trinajstić information content (AvgIpc) is 2.78. The number of fused-ring (bicyclic) bond motifs is 1. The molecule has 7 atom stereocenters. The molecule has 5 aliphatic heterocycles. The van der Waals surface area contributed by atoms with Crippen molar-refractivity contribution in [1.29, 1.82) is 0 Å². The maximum Gasteiger partial charge on any atom is 0.0707 e. The fraction of sp³-hybridized carbons (Fsp3) is 0.786. The molecule has 6 unspecified atom stereocenters. The Kier molecular flexibility index (Phi) is 7.02. The van der Waals surface area contributed by atoms with Crippen molar-refractivity contribution in [2.75, 3.05) is 32.7 Å². The second-order valence-corrected chi connectivity index (χ2v) is 11.1. The van der Waals surface area contributed by atoms with E-state index in [1.165, 1.54) is 103 Å². The summed E-state index contributed by atoms with van der Waals surface area (Å²) in [7, 11) is 0. The number of aliphatic hydroxyl groups is 1. The molecule has 6 aliphatic rings. The lowest BCUT2D eigenvalue weighted by atomic mass is 9.51. The molecular formula is C28H44N2O. The molecule has 2 saturated heterocycles. The number of rotatable bonds is 0. The van der Waals surface area contributed by atoms with Crippen LogP contribution < -0.4 is 0 Å². The van der Waals surface area contributed by atoms with Crippen LogP contribution in [-0.4, -0.2) is 59.8 Å². The van der Waals surface area contributed by atoms with Gasteiger partial charge in [-0.05, 0) is 83.2 Å². The maximum absolute atomic E-state index is 11.5. The first-order valence-electron chi connectivity index (χ1n) is 13.4. The molecule has 6 bridgehead atoms. The standard InChI is InChI=1S/C28H44N2O/c31-25-21-29-17-13-9-5-2-1-3-7-11-15-23-19-24-20-30-18-14-10-6-4-8-12-16-28(22-29,26(24)25)27(23)30/h3-4,7-8,19,24-27,31H,1-2,5-6,9-18,20-22H2/b7-3-,8-4-/t24?,25-,26?,27?,28?/m1/s1. The first-order valence-corrected chi connectivity index (χ1v) is 13.4. The van der Waals surface area contributed by atoms with Gasteiger partial charge in [0.1, 0.15) is 0 Å². The van der Waals surface area contributed by atoms with Gasteiger partial charge < -0.3 is 10.0 Å². The Morgan fingerprint density at radius 3 is 2.45 bits per heavy atom. The summed E-state index contributed by atoms with van der Waals surface area (Å²) in [5.74, 6) is 0.996. The van der Waals surface area contributed by atoms with E-state index >= 15 is 0 Å². The van der Waals surface area contributed by atoms with E-state index in [2.05, 4.69) is 40.2 Å². The summed E-state index contributed by atoms with van der Waals surface area (Å²) in [5.41, 5.74) is 1.94. The molecule has 0 radical (unpaired) electrons. The lowest BCUT2D eigenvalue weighted by Gasteiger charge is -2.65. The van der Waals surface area contributed by atoms with Gasteiger partial charge in [-0.1, -0.05) is 48.8 Å². The van der Waals surface area contributed by atoms with E-state index in [-0.39, 0.29) is 11.5 Å². The SMILES string of the molecule is O[C@@H]1CN2CCCCCC/C=C\CCC3=CC4CN5CCCC/C=C\CCC(C2)(C41)C35. The fourth-order valence-corrected chi connectivity index (χ4v) is 7.90. The van der Waals surface area contributed by atoms with Crippen molar-refractivity contribution in [3.63, 3.8) is 0 Å². The van der Waals surface area contributed by atoms with Crippen LogP contribution in [0.3, 0.4) is 0 Å². The minimum Gasteiger partial charge on any atom is -0.391 e. The largest absolute Gasteiger partial charge is 0.391 e. The quantitative estimate of drug-likeness (QED) is 0.533. The van der Waals surface area contributed by atoms with Crippen LogP contribution >= 0.6 is 0 Å². The summed E-state index contributed by atoms with van der Waals surface area (Å²) in [4.78, 5) is 5.54. The van der Waals surface area contributed by atoms with Crippen molar-refractivity contribution in [2.24, 2.45) is 17.3 Å². The van der Waals surface area contributed by atoms with Gasteiger partial charge in [0.05, 0.1) is 6.10 Å². The first kappa shape index (κ1) is 21.9. The monoisotopic (exact) mass is 424 g/mol. The summed E-state index contributed by atoms with van der Waals surface area (Å²) in [6.45, 7) is 5.70. The number of aliphatic hydroxyl groups excluding tert-OH is 1. The highest BCUT2D eigenvalue weighted by molar-refractivity contribution is 5.31. The number of nitrogens with zero attached hydrogens (tertiary/aromatic N) is 2. The summed E-state index contributed by atoms with van der Waals surface area (Å²) >= 11 is 0. The van der Waals surface area contributed by atoms with Gasteiger partial charge in [0.2, 0.25) is 0 Å². The Labute approximate surface area is 190 Å². The Morgan fingerprint density at radius 1 is 0.806 bits per heavy atom. The van der Waals surface area contributed by atoms with Crippen molar-refractivity contribution in [3.05, 3.63) is 36.0 Å². The predicted molar refractivity (Wildman–Crippen MR) is 129 cm³/mol. The van der Waals surface area contributed by atoms with E-state index < -0.39 is 0 Å². The summed E-state index contributed by atoms with van der Waals surface area (Å²) in [6, 6.07) is 0.546. The molecule has 1 aliphatic carbocycles. The molecule has 2 fully saturated rings. The highest BCUT2D eigenvalue weighted by Crippen LogP contribution is 2.57. The maximum atomic E-state index is 11.5. The number of piperidine rings is 2. The van der Waals surface area contributed by atoms with E-state index in [1.54, 1.807) is 5.57 Å². The van der Waals surface area contributed by atoms with Crippen molar-refractivity contribution >= 4 is 0 Å². The van der Waals surface area contributed by atoms with Gasteiger partial charge >= 0.3 is 0 Å². The molecule has 31 heavy (non-hydrogen) atoms. The van der Waals surface area contributed by atoms with Crippen LogP contribution in [-0.2, 0) is 0 Å². The zero-order valence-corrected chi connectivity index (χ0v) is 19.6. The van der Waals surface area contributed by atoms with Gasteiger partial charge in [0.15, 0.2) is 0 Å². The minimum atomic E-state index is -0.161. The second kappa shape index (κ2) is 9.93. The fourth-order valence-electron chi connectivity index (χ4n) is 7.90.